The number of carbonyl (C=O) groups excluding carboxylic acids is 1. The van der Waals surface area contributed by atoms with Crippen molar-refractivity contribution in [2.45, 2.75) is 96.8 Å². The van der Waals surface area contributed by atoms with Crippen molar-refractivity contribution in [3.8, 4) is 0 Å². The summed E-state index contributed by atoms with van der Waals surface area (Å²) >= 11 is 0. The molecule has 0 rings (SSSR count). The lowest BCUT2D eigenvalue weighted by Crippen LogP contribution is -1.98. The van der Waals surface area contributed by atoms with Crippen molar-refractivity contribution >= 4 is 5.97 Å². The Morgan fingerprint density at radius 2 is 1.16 bits per heavy atom. The molecule has 0 N–H and O–H groups in total. The molecule has 0 aromatic carbocycles. The van der Waals surface area contributed by atoms with E-state index < -0.39 is 0 Å². The number of methoxy groups -OCH3 is 1. The van der Waals surface area contributed by atoms with Crippen molar-refractivity contribution in [3.63, 3.8) is 0 Å². The third-order valence-electron chi connectivity index (χ3n) is 4.25. The second-order valence-corrected chi connectivity index (χ2v) is 6.62. The van der Waals surface area contributed by atoms with E-state index in [4.69, 9.17) is 0 Å². The van der Waals surface area contributed by atoms with Gasteiger partial charge in [-0.2, -0.15) is 0 Å². The van der Waals surface area contributed by atoms with Gasteiger partial charge >= 0.3 is 5.97 Å². The van der Waals surface area contributed by atoms with Crippen molar-refractivity contribution in [1.29, 1.82) is 0 Å². The Balaban J connectivity index is 3.30. The van der Waals surface area contributed by atoms with Crippen molar-refractivity contribution in [2.24, 2.45) is 0 Å². The van der Waals surface area contributed by atoms with E-state index in [1.165, 1.54) is 64.9 Å². The molecule has 0 spiro atoms. The molecule has 0 aliphatic carbocycles. The van der Waals surface area contributed by atoms with E-state index in [1.807, 2.05) is 0 Å². The van der Waals surface area contributed by atoms with Gasteiger partial charge in [-0.15, -0.1) is 0 Å². The zero-order chi connectivity index (χ0) is 18.4. The molecule has 0 bridgehead atoms. The van der Waals surface area contributed by atoms with Crippen molar-refractivity contribution in [2.75, 3.05) is 7.11 Å². The Morgan fingerprint density at radius 3 is 1.72 bits per heavy atom. The molecule has 0 fully saturated rings. The summed E-state index contributed by atoms with van der Waals surface area (Å²) in [5.41, 5.74) is 0. The molecule has 0 saturated carbocycles. The highest BCUT2D eigenvalue weighted by Crippen LogP contribution is 2.09. The molecule has 0 aliphatic heterocycles. The van der Waals surface area contributed by atoms with E-state index in [0.717, 1.165) is 25.7 Å². The largest absolute Gasteiger partial charge is 0.469 e. The van der Waals surface area contributed by atoms with Crippen LogP contribution >= 0.6 is 0 Å². The van der Waals surface area contributed by atoms with Crippen LogP contribution in [0.5, 0.6) is 0 Å². The second kappa shape index (κ2) is 20.7. The lowest BCUT2D eigenvalue weighted by Gasteiger charge is -1.99. The summed E-state index contributed by atoms with van der Waals surface area (Å²) in [6.45, 7) is 2.27. The van der Waals surface area contributed by atoms with E-state index in [2.05, 4.69) is 48.1 Å². The Kier molecular flexibility index (Phi) is 19.6. The number of allylic oxidation sites excluding steroid dienone is 6. The zero-order valence-corrected chi connectivity index (χ0v) is 16.7. The number of carbonyl (C=O) groups is 1. The van der Waals surface area contributed by atoms with Gasteiger partial charge in [-0.3, -0.25) is 4.79 Å². The van der Waals surface area contributed by atoms with Crippen LogP contribution in [0.15, 0.2) is 36.5 Å². The molecule has 0 aliphatic rings. The molecular formula is C23H40O2. The molecule has 0 aromatic heterocycles. The van der Waals surface area contributed by atoms with Crippen LogP contribution in [0, 0.1) is 0 Å². The maximum absolute atomic E-state index is 10.9. The monoisotopic (exact) mass is 348 g/mol. The average Bonchev–Trinajstić information content (AvgIpc) is 2.63. The topological polar surface area (TPSA) is 26.3 Å². The molecular weight excluding hydrogens is 308 g/mol. The summed E-state index contributed by atoms with van der Waals surface area (Å²) in [5.74, 6) is -0.118. The van der Waals surface area contributed by atoms with Crippen LogP contribution in [0.3, 0.4) is 0 Å². The SMILES string of the molecule is CCCCCCCCCCC=CCC=CCC=CCCCC(=O)OC. The lowest BCUT2D eigenvalue weighted by atomic mass is 10.1. The van der Waals surface area contributed by atoms with Crippen LogP contribution in [0.2, 0.25) is 0 Å². The molecule has 0 aromatic rings. The molecule has 0 atom stereocenters. The van der Waals surface area contributed by atoms with E-state index in [0.29, 0.717) is 6.42 Å². The number of rotatable bonds is 17. The molecule has 0 unspecified atom stereocenters. The molecule has 0 amide bonds. The Morgan fingerprint density at radius 1 is 0.680 bits per heavy atom. The van der Waals surface area contributed by atoms with Gasteiger partial charge in [0.2, 0.25) is 0 Å². The van der Waals surface area contributed by atoms with Gasteiger partial charge in [-0.25, -0.2) is 0 Å². The summed E-state index contributed by atoms with van der Waals surface area (Å²) in [6.07, 6.45) is 30.0. The minimum absolute atomic E-state index is 0.118. The average molecular weight is 349 g/mol. The second-order valence-electron chi connectivity index (χ2n) is 6.62. The van der Waals surface area contributed by atoms with Gasteiger partial charge < -0.3 is 4.74 Å². The van der Waals surface area contributed by atoms with Crippen LogP contribution in [0.25, 0.3) is 0 Å². The lowest BCUT2D eigenvalue weighted by molar-refractivity contribution is -0.140. The van der Waals surface area contributed by atoms with Crippen LogP contribution in [0.1, 0.15) is 96.8 Å². The van der Waals surface area contributed by atoms with Gasteiger partial charge in [0.05, 0.1) is 7.11 Å². The van der Waals surface area contributed by atoms with E-state index in [9.17, 15) is 4.79 Å². The maximum atomic E-state index is 10.9. The quantitative estimate of drug-likeness (QED) is 0.156. The number of hydrogen-bond acceptors (Lipinski definition) is 2. The number of hydrogen-bond donors (Lipinski definition) is 0. The van der Waals surface area contributed by atoms with Crippen LogP contribution in [0.4, 0.5) is 0 Å². The molecule has 144 valence electrons. The Labute approximate surface area is 156 Å². The van der Waals surface area contributed by atoms with Crippen LogP contribution < -0.4 is 0 Å². The maximum Gasteiger partial charge on any atom is 0.305 e. The van der Waals surface area contributed by atoms with Gasteiger partial charge in [-0.1, -0.05) is 88.3 Å². The smallest absolute Gasteiger partial charge is 0.305 e. The van der Waals surface area contributed by atoms with Crippen LogP contribution in [-0.2, 0) is 9.53 Å². The number of ether oxygens (including phenoxy) is 1. The predicted octanol–water partition coefficient (Wildman–Crippen LogP) is 7.31. The van der Waals surface area contributed by atoms with Crippen molar-refractivity contribution in [1.82, 2.24) is 0 Å². The van der Waals surface area contributed by atoms with Gasteiger partial charge in [0.15, 0.2) is 0 Å². The number of esters is 1. The first-order valence-electron chi connectivity index (χ1n) is 10.3. The van der Waals surface area contributed by atoms with Gasteiger partial charge in [0.1, 0.15) is 0 Å². The molecule has 2 heteroatoms. The fraction of sp³-hybridized carbons (Fsp3) is 0.696. The molecule has 0 heterocycles. The van der Waals surface area contributed by atoms with Crippen LogP contribution in [-0.4, -0.2) is 13.1 Å². The first-order chi connectivity index (χ1) is 12.3. The highest BCUT2D eigenvalue weighted by Gasteiger charge is 1.96. The van der Waals surface area contributed by atoms with E-state index >= 15 is 0 Å². The third-order valence-corrected chi connectivity index (χ3v) is 4.25. The fourth-order valence-corrected chi connectivity index (χ4v) is 2.64. The van der Waals surface area contributed by atoms with Gasteiger partial charge in [-0.05, 0) is 38.5 Å². The standard InChI is InChI=1S/C23H40O2/c1-3-4-5-6-7-8-9-10-11-12-13-14-15-16-17-18-19-20-21-22-23(24)25-2/h12-13,15-16,18-19H,3-11,14,17,20-22H2,1-2H3. The van der Waals surface area contributed by atoms with E-state index in [1.54, 1.807) is 0 Å². The highest BCUT2D eigenvalue weighted by atomic mass is 16.5. The molecule has 2 nitrogen and oxygen atoms in total. The normalized spacial score (nSPS) is 11.9. The minimum atomic E-state index is -0.118. The summed E-state index contributed by atoms with van der Waals surface area (Å²) in [7, 11) is 1.44. The Hall–Kier alpha value is -1.31. The summed E-state index contributed by atoms with van der Waals surface area (Å²) < 4.78 is 4.61. The zero-order valence-electron chi connectivity index (χ0n) is 16.7. The van der Waals surface area contributed by atoms with E-state index in [-0.39, 0.29) is 5.97 Å². The first kappa shape index (κ1) is 23.7. The summed E-state index contributed by atoms with van der Waals surface area (Å²) in [4.78, 5) is 10.9. The molecule has 0 saturated heterocycles. The van der Waals surface area contributed by atoms with Crippen molar-refractivity contribution in [3.05, 3.63) is 36.5 Å². The Bertz CT molecular complexity index is 366. The van der Waals surface area contributed by atoms with Gasteiger partial charge in [0.25, 0.3) is 0 Å². The number of unbranched alkanes of at least 4 members (excludes halogenated alkanes) is 9. The molecule has 0 radical (unpaired) electrons. The third kappa shape index (κ3) is 20.6. The van der Waals surface area contributed by atoms with Crippen molar-refractivity contribution < 1.29 is 9.53 Å². The minimum Gasteiger partial charge on any atom is -0.469 e. The predicted molar refractivity (Wildman–Crippen MR) is 110 cm³/mol. The fourth-order valence-electron chi connectivity index (χ4n) is 2.64. The summed E-state index contributed by atoms with van der Waals surface area (Å²) in [5, 5.41) is 0. The first-order valence-corrected chi connectivity index (χ1v) is 10.3. The summed E-state index contributed by atoms with van der Waals surface area (Å²) in [6, 6.07) is 0. The van der Waals surface area contributed by atoms with Gasteiger partial charge in [0, 0.05) is 6.42 Å². The molecule has 25 heavy (non-hydrogen) atoms. The highest BCUT2D eigenvalue weighted by molar-refractivity contribution is 5.69.